The molecule has 4 heteroatoms. The summed E-state index contributed by atoms with van der Waals surface area (Å²) in [4.78, 5) is 14.0. The summed E-state index contributed by atoms with van der Waals surface area (Å²) in [6.07, 6.45) is 2.00. The van der Waals surface area contributed by atoms with Crippen LogP contribution in [0.3, 0.4) is 0 Å². The number of hydrogen-bond donors (Lipinski definition) is 1. The molecule has 1 amide bonds. The minimum absolute atomic E-state index is 0.159. The highest BCUT2D eigenvalue weighted by Crippen LogP contribution is 2.08. The van der Waals surface area contributed by atoms with Crippen molar-refractivity contribution < 1.29 is 4.79 Å². The van der Waals surface area contributed by atoms with Crippen molar-refractivity contribution >= 4 is 17.7 Å². The fraction of sp³-hybridized carbons (Fsp3) is 0.917. The average molecular weight is 244 g/mol. The minimum Gasteiger partial charge on any atom is -0.356 e. The number of nitrogens with one attached hydrogen (secondary N) is 1. The van der Waals surface area contributed by atoms with Crippen molar-refractivity contribution in [2.24, 2.45) is 5.92 Å². The molecule has 1 atom stereocenters. The molecular formula is C12H24N2OS. The van der Waals surface area contributed by atoms with Gasteiger partial charge in [-0.2, -0.15) is 11.8 Å². The predicted molar refractivity (Wildman–Crippen MR) is 70.8 cm³/mol. The van der Waals surface area contributed by atoms with Crippen LogP contribution >= 0.6 is 11.8 Å². The molecule has 1 N–H and O–H groups in total. The Balaban J connectivity index is 2.00. The smallest absolute Gasteiger partial charge is 0.222 e. The topological polar surface area (TPSA) is 32.3 Å². The summed E-state index contributed by atoms with van der Waals surface area (Å²) >= 11 is 2.04. The Morgan fingerprint density at radius 2 is 2.12 bits per heavy atom. The van der Waals surface area contributed by atoms with Crippen LogP contribution in [-0.2, 0) is 4.79 Å². The number of hydrogen-bond acceptors (Lipinski definition) is 3. The van der Waals surface area contributed by atoms with Crippen LogP contribution in [0, 0.1) is 5.92 Å². The van der Waals surface area contributed by atoms with Crippen LogP contribution in [0.1, 0.15) is 26.7 Å². The van der Waals surface area contributed by atoms with Crippen LogP contribution in [0.5, 0.6) is 0 Å². The van der Waals surface area contributed by atoms with E-state index in [1.807, 2.05) is 18.7 Å². The number of amides is 1. The molecule has 1 aliphatic heterocycles. The summed E-state index contributed by atoms with van der Waals surface area (Å²) in [5.74, 6) is 2.89. The van der Waals surface area contributed by atoms with Crippen molar-refractivity contribution in [1.29, 1.82) is 0 Å². The number of nitrogens with zero attached hydrogens (tertiary/aromatic N) is 1. The normalized spacial score (nSPS) is 19.4. The molecule has 0 aromatic heterocycles. The zero-order valence-corrected chi connectivity index (χ0v) is 11.3. The van der Waals surface area contributed by atoms with Crippen molar-refractivity contribution in [3.63, 3.8) is 0 Å². The number of carbonyl (C=O) groups excluding carboxylic acids is 1. The highest BCUT2D eigenvalue weighted by atomic mass is 32.2. The van der Waals surface area contributed by atoms with E-state index in [9.17, 15) is 4.79 Å². The molecule has 0 radical (unpaired) electrons. The molecule has 0 aromatic rings. The molecule has 1 unspecified atom stereocenters. The van der Waals surface area contributed by atoms with E-state index in [0.29, 0.717) is 0 Å². The van der Waals surface area contributed by atoms with E-state index in [1.54, 1.807) is 0 Å². The molecular weight excluding hydrogens is 220 g/mol. The van der Waals surface area contributed by atoms with E-state index in [1.165, 1.54) is 24.6 Å². The van der Waals surface area contributed by atoms with E-state index in [0.717, 1.165) is 25.9 Å². The maximum Gasteiger partial charge on any atom is 0.222 e. The summed E-state index contributed by atoms with van der Waals surface area (Å²) < 4.78 is 0. The molecule has 94 valence electrons. The van der Waals surface area contributed by atoms with Gasteiger partial charge in [-0.15, -0.1) is 0 Å². The third kappa shape index (κ3) is 5.21. The van der Waals surface area contributed by atoms with Gasteiger partial charge in [0.15, 0.2) is 0 Å². The standard InChI is InChI=1S/C12H24N2OS/c1-3-11(2)12(15)13-5-4-6-14-7-9-16-10-8-14/h11H,3-10H2,1-2H3,(H,13,15). The largest absolute Gasteiger partial charge is 0.356 e. The van der Waals surface area contributed by atoms with E-state index >= 15 is 0 Å². The first-order chi connectivity index (χ1) is 7.74. The molecule has 1 fully saturated rings. The summed E-state index contributed by atoms with van der Waals surface area (Å²) in [7, 11) is 0. The van der Waals surface area contributed by atoms with Gasteiger partial charge in [-0.25, -0.2) is 0 Å². The summed E-state index contributed by atoms with van der Waals surface area (Å²) in [6.45, 7) is 8.41. The van der Waals surface area contributed by atoms with Gasteiger partial charge < -0.3 is 10.2 Å². The fourth-order valence-corrected chi connectivity index (χ4v) is 2.68. The molecule has 1 saturated heterocycles. The molecule has 1 heterocycles. The van der Waals surface area contributed by atoms with Gasteiger partial charge in [0.1, 0.15) is 0 Å². The van der Waals surface area contributed by atoms with Crippen LogP contribution in [-0.4, -0.2) is 48.5 Å². The highest BCUT2D eigenvalue weighted by molar-refractivity contribution is 7.99. The van der Waals surface area contributed by atoms with Gasteiger partial charge in [-0.3, -0.25) is 4.79 Å². The van der Waals surface area contributed by atoms with E-state index in [2.05, 4.69) is 17.1 Å². The molecule has 0 aliphatic carbocycles. The van der Waals surface area contributed by atoms with Gasteiger partial charge in [0.05, 0.1) is 0 Å². The van der Waals surface area contributed by atoms with E-state index in [-0.39, 0.29) is 11.8 Å². The van der Waals surface area contributed by atoms with E-state index < -0.39 is 0 Å². The lowest BCUT2D eigenvalue weighted by molar-refractivity contribution is -0.124. The lowest BCUT2D eigenvalue weighted by Crippen LogP contribution is -2.36. The first kappa shape index (κ1) is 13.8. The lowest BCUT2D eigenvalue weighted by Gasteiger charge is -2.26. The van der Waals surface area contributed by atoms with Crippen molar-refractivity contribution in [1.82, 2.24) is 10.2 Å². The third-order valence-electron chi connectivity index (χ3n) is 3.11. The van der Waals surface area contributed by atoms with Crippen LogP contribution in [0.2, 0.25) is 0 Å². The zero-order valence-electron chi connectivity index (χ0n) is 10.5. The Morgan fingerprint density at radius 3 is 2.75 bits per heavy atom. The molecule has 1 rings (SSSR count). The van der Waals surface area contributed by atoms with Crippen molar-refractivity contribution in [2.45, 2.75) is 26.7 Å². The van der Waals surface area contributed by atoms with Crippen LogP contribution in [0.4, 0.5) is 0 Å². The molecule has 0 spiro atoms. The first-order valence-corrected chi connectivity index (χ1v) is 7.47. The molecule has 1 aliphatic rings. The van der Waals surface area contributed by atoms with Crippen molar-refractivity contribution in [3.05, 3.63) is 0 Å². The zero-order chi connectivity index (χ0) is 11.8. The Labute approximate surface area is 103 Å². The maximum absolute atomic E-state index is 11.5. The molecule has 0 bridgehead atoms. The molecule has 3 nitrogen and oxygen atoms in total. The van der Waals surface area contributed by atoms with Crippen molar-refractivity contribution in [2.75, 3.05) is 37.7 Å². The second kappa shape index (κ2) is 7.96. The second-order valence-corrected chi connectivity index (χ2v) is 5.63. The molecule has 16 heavy (non-hydrogen) atoms. The summed E-state index contributed by atoms with van der Waals surface area (Å²) in [6, 6.07) is 0. The third-order valence-corrected chi connectivity index (χ3v) is 4.06. The monoisotopic (exact) mass is 244 g/mol. The van der Waals surface area contributed by atoms with Crippen molar-refractivity contribution in [3.8, 4) is 0 Å². The van der Waals surface area contributed by atoms with Crippen LogP contribution < -0.4 is 5.32 Å². The minimum atomic E-state index is 0.159. The molecule has 0 saturated carbocycles. The molecule has 0 aromatic carbocycles. The Morgan fingerprint density at radius 1 is 1.44 bits per heavy atom. The van der Waals surface area contributed by atoms with Gasteiger partial charge >= 0.3 is 0 Å². The highest BCUT2D eigenvalue weighted by Gasteiger charge is 2.11. The maximum atomic E-state index is 11.5. The predicted octanol–water partition coefficient (Wildman–Crippen LogP) is 1.59. The SMILES string of the molecule is CCC(C)C(=O)NCCCN1CCSCC1. The number of rotatable bonds is 6. The Bertz CT molecular complexity index is 205. The van der Waals surface area contributed by atoms with Gasteiger partial charge in [0.2, 0.25) is 5.91 Å². The number of carbonyl (C=O) groups is 1. The second-order valence-electron chi connectivity index (χ2n) is 4.41. The summed E-state index contributed by atoms with van der Waals surface area (Å²) in [5.41, 5.74) is 0. The average Bonchev–Trinajstić information content (AvgIpc) is 2.34. The van der Waals surface area contributed by atoms with Gasteiger partial charge in [0, 0.05) is 37.1 Å². The van der Waals surface area contributed by atoms with Gasteiger partial charge in [0.25, 0.3) is 0 Å². The van der Waals surface area contributed by atoms with Gasteiger partial charge in [-0.1, -0.05) is 13.8 Å². The Hall–Kier alpha value is -0.220. The summed E-state index contributed by atoms with van der Waals surface area (Å²) in [5, 5.41) is 3.00. The number of thioether (sulfide) groups is 1. The van der Waals surface area contributed by atoms with Crippen LogP contribution in [0.15, 0.2) is 0 Å². The van der Waals surface area contributed by atoms with Crippen LogP contribution in [0.25, 0.3) is 0 Å². The fourth-order valence-electron chi connectivity index (χ4n) is 1.70. The van der Waals surface area contributed by atoms with E-state index in [4.69, 9.17) is 0 Å². The quantitative estimate of drug-likeness (QED) is 0.720. The lowest BCUT2D eigenvalue weighted by atomic mass is 10.1. The Kier molecular flexibility index (Phi) is 6.88. The first-order valence-electron chi connectivity index (χ1n) is 6.32. The van der Waals surface area contributed by atoms with Gasteiger partial charge in [-0.05, 0) is 19.4 Å².